The molecule has 0 saturated heterocycles. The summed E-state index contributed by atoms with van der Waals surface area (Å²) < 4.78 is 16.5. The number of ether oxygens (including phenoxy) is 3. The molecule has 0 atom stereocenters. The summed E-state index contributed by atoms with van der Waals surface area (Å²) in [7, 11) is 1.60. The highest BCUT2D eigenvalue weighted by Crippen LogP contribution is 2.25. The lowest BCUT2D eigenvalue weighted by molar-refractivity contribution is 0.0519. The molecule has 1 amide bonds. The first-order valence-electron chi connectivity index (χ1n) is 14.1. The molecule has 0 unspecified atom stereocenters. The highest BCUT2D eigenvalue weighted by atomic mass is 16.5. The standard InChI is InChI=1S/C31H37N7O6/c1-42-25-9-5-8-24(21-25)35-31-37-29(33-13-12-22-10-11-26(39)27(40)20-22)36-30(38-31)34-15-17-44-19-18-43-16-14-32-28(41)23-6-3-2-4-7-23/h2-11,20-21,39-40H,12-19H2,1H3,(H,32,41)(H3,33,34,35,36,37,38). The summed E-state index contributed by atoms with van der Waals surface area (Å²) in [5.41, 5.74) is 2.20. The van der Waals surface area contributed by atoms with E-state index < -0.39 is 0 Å². The second kappa shape index (κ2) is 17.1. The highest BCUT2D eigenvalue weighted by molar-refractivity contribution is 5.94. The molecule has 44 heavy (non-hydrogen) atoms. The topological polar surface area (TPSA) is 172 Å². The number of hydrogen-bond acceptors (Lipinski definition) is 12. The van der Waals surface area contributed by atoms with E-state index in [-0.39, 0.29) is 17.4 Å². The number of anilines is 4. The minimum Gasteiger partial charge on any atom is -0.504 e. The number of nitrogens with zero attached hydrogens (tertiary/aromatic N) is 3. The van der Waals surface area contributed by atoms with Gasteiger partial charge in [0.1, 0.15) is 5.75 Å². The number of phenolic OH excluding ortho intramolecular Hbond substituents is 2. The van der Waals surface area contributed by atoms with Crippen molar-refractivity contribution < 1.29 is 29.2 Å². The first kappa shape index (κ1) is 31.8. The largest absolute Gasteiger partial charge is 0.504 e. The van der Waals surface area contributed by atoms with Gasteiger partial charge in [0.25, 0.3) is 5.91 Å². The second-order valence-electron chi connectivity index (χ2n) is 9.44. The number of aromatic nitrogens is 3. The normalized spacial score (nSPS) is 10.7. The number of aromatic hydroxyl groups is 2. The molecule has 4 aromatic rings. The Labute approximate surface area is 255 Å². The Balaban J connectivity index is 1.21. The van der Waals surface area contributed by atoms with Crippen LogP contribution in [0.2, 0.25) is 0 Å². The number of hydrogen-bond donors (Lipinski definition) is 6. The Bertz CT molecular complexity index is 1480. The van der Waals surface area contributed by atoms with Crippen LogP contribution in [-0.2, 0) is 15.9 Å². The monoisotopic (exact) mass is 603 g/mol. The lowest BCUT2D eigenvalue weighted by Crippen LogP contribution is -2.27. The summed E-state index contributed by atoms with van der Waals surface area (Å²) in [4.78, 5) is 25.4. The van der Waals surface area contributed by atoms with Gasteiger partial charge in [0, 0.05) is 37.0 Å². The van der Waals surface area contributed by atoms with Crippen molar-refractivity contribution in [2.45, 2.75) is 6.42 Å². The van der Waals surface area contributed by atoms with Crippen molar-refractivity contribution in [3.8, 4) is 17.2 Å². The van der Waals surface area contributed by atoms with Gasteiger partial charge < -0.3 is 45.7 Å². The summed E-state index contributed by atoms with van der Waals surface area (Å²) in [5.74, 6) is 1.26. The van der Waals surface area contributed by atoms with Crippen molar-refractivity contribution in [2.24, 2.45) is 0 Å². The van der Waals surface area contributed by atoms with E-state index in [0.29, 0.717) is 81.6 Å². The molecule has 0 radical (unpaired) electrons. The molecule has 13 heteroatoms. The lowest BCUT2D eigenvalue weighted by atomic mass is 10.1. The SMILES string of the molecule is COc1cccc(Nc2nc(NCCOCCOCCNC(=O)c3ccccc3)nc(NCCc3ccc(O)c(O)c3)n2)c1. The molecule has 0 aliphatic carbocycles. The van der Waals surface area contributed by atoms with Crippen LogP contribution in [-0.4, -0.2) is 84.2 Å². The second-order valence-corrected chi connectivity index (χ2v) is 9.44. The quantitative estimate of drug-likeness (QED) is 0.0723. The number of methoxy groups -OCH3 is 1. The van der Waals surface area contributed by atoms with E-state index in [9.17, 15) is 15.0 Å². The average molecular weight is 604 g/mol. The summed E-state index contributed by atoms with van der Waals surface area (Å²) in [6.07, 6.45) is 0.566. The predicted molar refractivity (Wildman–Crippen MR) is 167 cm³/mol. The fourth-order valence-electron chi connectivity index (χ4n) is 3.95. The highest BCUT2D eigenvalue weighted by Gasteiger charge is 2.09. The van der Waals surface area contributed by atoms with Crippen molar-refractivity contribution >= 4 is 29.4 Å². The molecular formula is C31H37N7O6. The molecule has 0 aliphatic rings. The zero-order chi connectivity index (χ0) is 31.0. The van der Waals surface area contributed by atoms with Crippen molar-refractivity contribution in [2.75, 3.05) is 69.1 Å². The van der Waals surface area contributed by atoms with E-state index in [1.165, 1.54) is 12.1 Å². The average Bonchev–Trinajstić information content (AvgIpc) is 3.04. The Hall–Kier alpha value is -5.14. The van der Waals surface area contributed by atoms with Crippen LogP contribution in [0.25, 0.3) is 0 Å². The summed E-state index contributed by atoms with van der Waals surface area (Å²) in [6.45, 7) is 2.91. The molecule has 13 nitrogen and oxygen atoms in total. The van der Waals surface area contributed by atoms with Gasteiger partial charge in [-0.25, -0.2) is 0 Å². The molecular weight excluding hydrogens is 566 g/mol. The first-order valence-corrected chi connectivity index (χ1v) is 14.1. The van der Waals surface area contributed by atoms with Crippen molar-refractivity contribution in [1.29, 1.82) is 0 Å². The van der Waals surface area contributed by atoms with Gasteiger partial charge in [-0.15, -0.1) is 0 Å². The van der Waals surface area contributed by atoms with Crippen molar-refractivity contribution in [3.63, 3.8) is 0 Å². The van der Waals surface area contributed by atoms with Crippen molar-refractivity contribution in [3.05, 3.63) is 83.9 Å². The van der Waals surface area contributed by atoms with Crippen molar-refractivity contribution in [1.82, 2.24) is 20.3 Å². The molecule has 4 rings (SSSR count). The van der Waals surface area contributed by atoms with E-state index in [1.807, 2.05) is 42.5 Å². The fraction of sp³-hybridized carbons (Fsp3) is 0.290. The van der Waals surface area contributed by atoms with Gasteiger partial charge in [-0.1, -0.05) is 30.3 Å². The minimum absolute atomic E-state index is 0.132. The van der Waals surface area contributed by atoms with E-state index in [1.54, 1.807) is 25.3 Å². The van der Waals surface area contributed by atoms with E-state index in [0.717, 1.165) is 11.3 Å². The van der Waals surface area contributed by atoms with E-state index in [4.69, 9.17) is 14.2 Å². The van der Waals surface area contributed by atoms with Crippen LogP contribution >= 0.6 is 0 Å². The maximum atomic E-state index is 12.0. The summed E-state index contributed by atoms with van der Waals surface area (Å²) >= 11 is 0. The molecule has 0 bridgehead atoms. The van der Waals surface area contributed by atoms with E-state index in [2.05, 4.69) is 36.2 Å². The van der Waals surface area contributed by atoms with Crippen LogP contribution < -0.4 is 26.0 Å². The summed E-state index contributed by atoms with van der Waals surface area (Å²) in [6, 6.07) is 21.1. The predicted octanol–water partition coefficient (Wildman–Crippen LogP) is 3.56. The van der Waals surface area contributed by atoms with Gasteiger partial charge in [-0.3, -0.25) is 4.79 Å². The number of benzene rings is 3. The number of rotatable bonds is 18. The third kappa shape index (κ3) is 10.6. The zero-order valence-corrected chi connectivity index (χ0v) is 24.5. The molecule has 0 spiro atoms. The Morgan fingerprint density at radius 1 is 0.727 bits per heavy atom. The van der Waals surface area contributed by atoms with Crippen LogP contribution in [0.3, 0.4) is 0 Å². The zero-order valence-electron chi connectivity index (χ0n) is 24.5. The van der Waals surface area contributed by atoms with Crippen LogP contribution in [0.1, 0.15) is 15.9 Å². The molecule has 0 aliphatic heterocycles. The Morgan fingerprint density at radius 3 is 2.16 bits per heavy atom. The molecule has 1 heterocycles. The van der Waals surface area contributed by atoms with Crippen LogP contribution in [0, 0.1) is 0 Å². The molecule has 6 N–H and O–H groups in total. The van der Waals surface area contributed by atoms with Crippen LogP contribution in [0.4, 0.5) is 23.5 Å². The van der Waals surface area contributed by atoms with Gasteiger partial charge in [-0.05, 0) is 48.4 Å². The maximum Gasteiger partial charge on any atom is 0.251 e. The molecule has 232 valence electrons. The van der Waals surface area contributed by atoms with Crippen LogP contribution in [0.5, 0.6) is 17.2 Å². The van der Waals surface area contributed by atoms with Gasteiger partial charge in [0.2, 0.25) is 17.8 Å². The van der Waals surface area contributed by atoms with Gasteiger partial charge >= 0.3 is 0 Å². The molecule has 1 aromatic heterocycles. The fourth-order valence-corrected chi connectivity index (χ4v) is 3.95. The number of carbonyl (C=O) groups is 1. The molecule has 0 saturated carbocycles. The number of carbonyl (C=O) groups excluding carboxylic acids is 1. The summed E-state index contributed by atoms with van der Waals surface area (Å²) in [5, 5.41) is 31.6. The van der Waals surface area contributed by atoms with Gasteiger partial charge in [-0.2, -0.15) is 15.0 Å². The lowest BCUT2D eigenvalue weighted by Gasteiger charge is -2.12. The van der Waals surface area contributed by atoms with Gasteiger partial charge in [0.15, 0.2) is 11.5 Å². The number of nitrogens with one attached hydrogen (secondary N) is 4. The van der Waals surface area contributed by atoms with Crippen LogP contribution in [0.15, 0.2) is 72.8 Å². The maximum absolute atomic E-state index is 12.0. The number of amides is 1. The third-order valence-corrected chi connectivity index (χ3v) is 6.17. The Kier molecular flexibility index (Phi) is 12.3. The van der Waals surface area contributed by atoms with E-state index >= 15 is 0 Å². The smallest absolute Gasteiger partial charge is 0.251 e. The molecule has 0 fully saturated rings. The number of phenols is 2. The molecule has 3 aromatic carbocycles. The first-order chi connectivity index (χ1) is 21.5. The third-order valence-electron chi connectivity index (χ3n) is 6.17. The Morgan fingerprint density at radius 2 is 1.43 bits per heavy atom. The van der Waals surface area contributed by atoms with Gasteiger partial charge in [0.05, 0.1) is 33.5 Å². The minimum atomic E-state index is -0.167.